The van der Waals surface area contributed by atoms with Crippen LogP contribution in [0, 0.1) is 0 Å². The Kier molecular flexibility index (Phi) is 4.05. The first kappa shape index (κ1) is 16.5. The van der Waals surface area contributed by atoms with E-state index in [1.54, 1.807) is 4.57 Å². The maximum atomic E-state index is 12.4. The van der Waals surface area contributed by atoms with E-state index in [9.17, 15) is 4.79 Å². The van der Waals surface area contributed by atoms with E-state index in [-0.39, 0.29) is 11.1 Å². The van der Waals surface area contributed by atoms with Crippen molar-refractivity contribution >= 4 is 11.0 Å². The van der Waals surface area contributed by atoms with E-state index >= 15 is 0 Å². The van der Waals surface area contributed by atoms with Crippen molar-refractivity contribution in [3.05, 3.63) is 58.3 Å². The summed E-state index contributed by atoms with van der Waals surface area (Å²) >= 11 is 0. The zero-order chi connectivity index (χ0) is 17.5. The van der Waals surface area contributed by atoms with Gasteiger partial charge in [0.1, 0.15) is 5.65 Å². The third kappa shape index (κ3) is 3.26. The highest BCUT2D eigenvalue weighted by atomic mass is 16.1. The molecule has 126 valence electrons. The topological polar surface area (TPSA) is 53.9 Å². The molecule has 0 spiro atoms. The van der Waals surface area contributed by atoms with Crippen molar-refractivity contribution in [1.29, 1.82) is 0 Å². The van der Waals surface area contributed by atoms with E-state index in [0.717, 1.165) is 23.3 Å². The van der Waals surface area contributed by atoms with Gasteiger partial charge in [-0.2, -0.15) is 4.98 Å². The molecule has 0 atom stereocenters. The number of aromatic amines is 1. The van der Waals surface area contributed by atoms with Crippen molar-refractivity contribution in [1.82, 2.24) is 19.4 Å². The van der Waals surface area contributed by atoms with Crippen molar-refractivity contribution in [2.45, 2.75) is 32.7 Å². The number of nitrogens with one attached hydrogen (secondary N) is 1. The maximum Gasteiger partial charge on any atom is 0.354 e. The third-order valence-corrected chi connectivity index (χ3v) is 4.03. The number of rotatable bonds is 3. The van der Waals surface area contributed by atoms with Crippen LogP contribution in [0.5, 0.6) is 0 Å². The van der Waals surface area contributed by atoms with Gasteiger partial charge in [0.05, 0.1) is 5.69 Å². The van der Waals surface area contributed by atoms with Crippen LogP contribution in [-0.2, 0) is 12.0 Å². The van der Waals surface area contributed by atoms with E-state index in [1.807, 2.05) is 44.6 Å². The second kappa shape index (κ2) is 5.91. The monoisotopic (exact) mass is 324 g/mol. The average Bonchev–Trinajstić information content (AvgIpc) is 2.89. The van der Waals surface area contributed by atoms with Gasteiger partial charge in [0.15, 0.2) is 0 Å². The van der Waals surface area contributed by atoms with Gasteiger partial charge in [0.2, 0.25) is 0 Å². The highest BCUT2D eigenvalue weighted by Crippen LogP contribution is 2.24. The second-order valence-electron chi connectivity index (χ2n) is 7.53. The Morgan fingerprint density at radius 1 is 1.17 bits per heavy atom. The molecule has 3 rings (SSSR count). The summed E-state index contributed by atoms with van der Waals surface area (Å²) in [5.41, 5.74) is 3.47. The van der Waals surface area contributed by atoms with E-state index in [2.05, 4.69) is 41.7 Å². The lowest BCUT2D eigenvalue weighted by molar-refractivity contribution is 0.402. The molecule has 0 saturated heterocycles. The van der Waals surface area contributed by atoms with Crippen LogP contribution >= 0.6 is 0 Å². The molecule has 1 aromatic carbocycles. The van der Waals surface area contributed by atoms with Gasteiger partial charge in [-0.15, -0.1) is 0 Å². The van der Waals surface area contributed by atoms with Crippen LogP contribution in [-0.4, -0.2) is 33.5 Å². The van der Waals surface area contributed by atoms with Crippen molar-refractivity contribution in [3.8, 4) is 5.69 Å². The smallest absolute Gasteiger partial charge is 0.343 e. The van der Waals surface area contributed by atoms with Crippen molar-refractivity contribution in [3.63, 3.8) is 0 Å². The number of aromatic nitrogens is 3. The predicted octanol–water partition coefficient (Wildman–Crippen LogP) is 3.07. The van der Waals surface area contributed by atoms with Crippen LogP contribution < -0.4 is 5.69 Å². The van der Waals surface area contributed by atoms with Crippen molar-refractivity contribution in [2.24, 2.45) is 0 Å². The Balaban J connectivity index is 2.03. The molecule has 0 aliphatic carbocycles. The molecule has 24 heavy (non-hydrogen) atoms. The molecule has 0 saturated carbocycles. The van der Waals surface area contributed by atoms with E-state index < -0.39 is 0 Å². The van der Waals surface area contributed by atoms with Crippen molar-refractivity contribution < 1.29 is 0 Å². The fourth-order valence-electron chi connectivity index (χ4n) is 2.71. The fraction of sp³-hybridized carbons (Fsp3) is 0.368. The normalized spacial score (nSPS) is 12.2. The van der Waals surface area contributed by atoms with Crippen molar-refractivity contribution in [2.75, 3.05) is 14.1 Å². The molecule has 2 heterocycles. The minimum Gasteiger partial charge on any atom is -0.343 e. The molecule has 0 aliphatic heterocycles. The Labute approximate surface area is 142 Å². The molecule has 1 N–H and O–H groups in total. The van der Waals surface area contributed by atoms with Gasteiger partial charge in [-0.05, 0) is 37.9 Å². The first-order chi connectivity index (χ1) is 11.2. The van der Waals surface area contributed by atoms with Crippen LogP contribution in [0.25, 0.3) is 16.7 Å². The zero-order valence-corrected chi connectivity index (χ0v) is 14.9. The van der Waals surface area contributed by atoms with Gasteiger partial charge in [-0.25, -0.2) is 4.79 Å². The number of H-pyrrole nitrogens is 1. The highest BCUT2D eigenvalue weighted by Gasteiger charge is 2.17. The van der Waals surface area contributed by atoms with E-state index in [0.29, 0.717) is 5.65 Å². The summed E-state index contributed by atoms with van der Waals surface area (Å²) in [5, 5.41) is 0.942. The first-order valence-electron chi connectivity index (χ1n) is 8.11. The van der Waals surface area contributed by atoms with E-state index in [4.69, 9.17) is 0 Å². The first-order valence-corrected chi connectivity index (χ1v) is 8.11. The molecule has 2 aromatic heterocycles. The predicted molar refractivity (Wildman–Crippen MR) is 97.8 cm³/mol. The van der Waals surface area contributed by atoms with Crippen LogP contribution in [0.4, 0.5) is 0 Å². The minimum atomic E-state index is -0.273. The molecule has 0 unspecified atom stereocenters. The van der Waals surface area contributed by atoms with Crippen LogP contribution in [0.3, 0.4) is 0 Å². The largest absolute Gasteiger partial charge is 0.354 e. The van der Waals surface area contributed by atoms with Gasteiger partial charge in [-0.1, -0.05) is 32.9 Å². The van der Waals surface area contributed by atoms with Crippen LogP contribution in [0.15, 0.2) is 41.3 Å². The molecule has 0 aliphatic rings. The minimum absolute atomic E-state index is 0.0115. The fourth-order valence-corrected chi connectivity index (χ4v) is 2.71. The molecule has 5 nitrogen and oxygen atoms in total. The number of benzene rings is 1. The number of hydrogen-bond donors (Lipinski definition) is 1. The SMILES string of the molecule is CN(C)Cc1ccc(-n2cc3cc(C(C)(C)C)[nH]c3nc2=O)cc1. The Morgan fingerprint density at radius 3 is 2.42 bits per heavy atom. The van der Waals surface area contributed by atoms with Crippen LogP contribution in [0.2, 0.25) is 0 Å². The Hall–Kier alpha value is -2.40. The van der Waals surface area contributed by atoms with Gasteiger partial charge in [0, 0.05) is 29.2 Å². The molecular formula is C19H24N4O. The third-order valence-electron chi connectivity index (χ3n) is 4.03. The molecule has 3 aromatic rings. The highest BCUT2D eigenvalue weighted by molar-refractivity contribution is 5.76. The van der Waals surface area contributed by atoms with Crippen LogP contribution in [0.1, 0.15) is 32.0 Å². The standard InChI is InChI=1S/C19H24N4O/c1-19(2,3)16-10-14-12-23(18(24)21-17(14)20-16)15-8-6-13(7-9-15)11-22(4)5/h6-10,12H,11H2,1-5H3,(H,20,21,24). The summed E-state index contributed by atoms with van der Waals surface area (Å²) in [6.45, 7) is 7.27. The zero-order valence-electron chi connectivity index (χ0n) is 14.9. The number of hydrogen-bond acceptors (Lipinski definition) is 3. The maximum absolute atomic E-state index is 12.4. The molecule has 0 amide bonds. The Bertz CT molecular complexity index is 911. The Morgan fingerprint density at radius 2 is 1.83 bits per heavy atom. The molecule has 0 bridgehead atoms. The number of fused-ring (bicyclic) bond motifs is 1. The molecule has 0 fully saturated rings. The lowest BCUT2D eigenvalue weighted by Crippen LogP contribution is -2.20. The summed E-state index contributed by atoms with van der Waals surface area (Å²) < 4.78 is 1.60. The molecule has 5 heteroatoms. The quantitative estimate of drug-likeness (QED) is 0.805. The second-order valence-corrected chi connectivity index (χ2v) is 7.53. The summed E-state index contributed by atoms with van der Waals surface area (Å²) in [4.78, 5) is 21.9. The lowest BCUT2D eigenvalue weighted by atomic mass is 9.92. The average molecular weight is 324 g/mol. The summed E-state index contributed by atoms with van der Waals surface area (Å²) in [6, 6.07) is 10.1. The number of nitrogens with zero attached hydrogens (tertiary/aromatic N) is 3. The van der Waals surface area contributed by atoms with Gasteiger partial charge in [0.25, 0.3) is 0 Å². The summed E-state index contributed by atoms with van der Waals surface area (Å²) in [5.74, 6) is 0. The van der Waals surface area contributed by atoms with Gasteiger partial charge >= 0.3 is 5.69 Å². The lowest BCUT2D eigenvalue weighted by Gasteiger charge is -2.15. The van der Waals surface area contributed by atoms with E-state index in [1.165, 1.54) is 5.56 Å². The summed E-state index contributed by atoms with van der Waals surface area (Å²) in [7, 11) is 4.07. The molecular weight excluding hydrogens is 300 g/mol. The van der Waals surface area contributed by atoms with Gasteiger partial charge < -0.3 is 9.88 Å². The van der Waals surface area contributed by atoms with Gasteiger partial charge in [-0.3, -0.25) is 4.57 Å². The summed E-state index contributed by atoms with van der Waals surface area (Å²) in [6.07, 6.45) is 1.86. The molecule has 0 radical (unpaired) electrons.